The second-order valence-electron chi connectivity index (χ2n) is 7.35. The molecule has 1 amide bonds. The van der Waals surface area contributed by atoms with Crippen LogP contribution in [0.3, 0.4) is 0 Å². The minimum Gasteiger partial charge on any atom is -0.486 e. The lowest BCUT2D eigenvalue weighted by molar-refractivity contribution is 0.0755. The number of aromatic nitrogens is 3. The van der Waals surface area contributed by atoms with Crippen molar-refractivity contribution < 1.29 is 14.3 Å². The molecule has 0 radical (unpaired) electrons. The van der Waals surface area contributed by atoms with Crippen molar-refractivity contribution in [3.05, 3.63) is 54.0 Å². The summed E-state index contributed by atoms with van der Waals surface area (Å²) < 4.78 is 12.9. The molecule has 0 atom stereocenters. The van der Waals surface area contributed by atoms with Crippen LogP contribution in [0.1, 0.15) is 22.5 Å². The third-order valence-electron chi connectivity index (χ3n) is 5.34. The largest absolute Gasteiger partial charge is 0.486 e. The number of hydrogen-bond acceptors (Lipinski definition) is 6. The van der Waals surface area contributed by atoms with Gasteiger partial charge in [-0.1, -0.05) is 6.07 Å². The first kappa shape index (κ1) is 17.9. The fourth-order valence-electron chi connectivity index (χ4n) is 3.87. The molecule has 1 saturated heterocycles. The predicted molar refractivity (Wildman–Crippen MR) is 106 cm³/mol. The van der Waals surface area contributed by atoms with Crippen LogP contribution in [0.15, 0.2) is 42.7 Å². The Bertz CT molecular complexity index is 1000. The van der Waals surface area contributed by atoms with Gasteiger partial charge in [-0.25, -0.2) is 9.50 Å². The van der Waals surface area contributed by atoms with Crippen molar-refractivity contribution in [2.75, 3.05) is 39.4 Å². The maximum absolute atomic E-state index is 12.9. The Labute approximate surface area is 168 Å². The maximum Gasteiger partial charge on any atom is 0.274 e. The molecule has 150 valence electrons. The fourth-order valence-corrected chi connectivity index (χ4v) is 3.87. The summed E-state index contributed by atoms with van der Waals surface area (Å²) in [6.45, 7) is 5.22. The zero-order valence-electron chi connectivity index (χ0n) is 16.2. The number of fused-ring (bicyclic) bond motifs is 2. The molecule has 2 aromatic heterocycles. The smallest absolute Gasteiger partial charge is 0.274 e. The Kier molecular flexibility index (Phi) is 4.77. The highest BCUT2D eigenvalue weighted by Crippen LogP contribution is 2.31. The van der Waals surface area contributed by atoms with E-state index >= 15 is 0 Å². The van der Waals surface area contributed by atoms with Crippen LogP contribution >= 0.6 is 0 Å². The minimum absolute atomic E-state index is 0.0309. The second-order valence-corrected chi connectivity index (χ2v) is 7.35. The van der Waals surface area contributed by atoms with Gasteiger partial charge in [-0.15, -0.1) is 0 Å². The molecule has 8 heteroatoms. The zero-order chi connectivity index (χ0) is 19.6. The summed E-state index contributed by atoms with van der Waals surface area (Å²) in [5, 5.41) is 4.37. The molecule has 5 rings (SSSR count). The topological polar surface area (TPSA) is 72.2 Å². The van der Waals surface area contributed by atoms with Gasteiger partial charge in [-0.05, 0) is 30.2 Å². The van der Waals surface area contributed by atoms with Crippen LogP contribution < -0.4 is 9.47 Å². The Morgan fingerprint density at radius 1 is 1.03 bits per heavy atom. The Morgan fingerprint density at radius 3 is 2.83 bits per heavy atom. The van der Waals surface area contributed by atoms with E-state index in [1.54, 1.807) is 29.0 Å². The first-order valence-electron chi connectivity index (χ1n) is 9.97. The maximum atomic E-state index is 12.9. The minimum atomic E-state index is -0.0309. The molecule has 0 N–H and O–H groups in total. The molecule has 1 fully saturated rings. The molecule has 2 aliphatic rings. The first-order valence-corrected chi connectivity index (χ1v) is 9.97. The SMILES string of the molecule is O=C(c1cc2ncccn2n1)N1CCCN(Cc2ccc3c(c2)OCCO3)CC1. The highest BCUT2D eigenvalue weighted by molar-refractivity contribution is 5.93. The van der Waals surface area contributed by atoms with Crippen molar-refractivity contribution in [3.8, 4) is 11.5 Å². The number of amides is 1. The molecule has 0 saturated carbocycles. The standard InChI is InChI=1S/C21H23N5O3/c27-21(17-14-20-22-5-1-8-26(20)23-17)25-7-2-6-24(9-10-25)15-16-3-4-18-19(13-16)29-12-11-28-18/h1,3-5,8,13-14H,2,6-7,9-12,15H2. The quantitative estimate of drug-likeness (QED) is 0.676. The average Bonchev–Trinajstić information content (AvgIpc) is 3.06. The van der Waals surface area contributed by atoms with Crippen molar-refractivity contribution in [1.29, 1.82) is 0 Å². The average molecular weight is 393 g/mol. The van der Waals surface area contributed by atoms with Gasteiger partial charge in [-0.3, -0.25) is 9.69 Å². The van der Waals surface area contributed by atoms with Crippen LogP contribution in [0.2, 0.25) is 0 Å². The van der Waals surface area contributed by atoms with E-state index in [0.717, 1.165) is 44.1 Å². The van der Waals surface area contributed by atoms with E-state index in [-0.39, 0.29) is 5.91 Å². The predicted octanol–water partition coefficient (Wildman–Crippen LogP) is 1.85. The summed E-state index contributed by atoms with van der Waals surface area (Å²) in [4.78, 5) is 21.4. The summed E-state index contributed by atoms with van der Waals surface area (Å²) in [6, 6.07) is 9.68. The van der Waals surface area contributed by atoms with Gasteiger partial charge in [0.25, 0.3) is 5.91 Å². The number of ether oxygens (including phenoxy) is 2. The van der Waals surface area contributed by atoms with Gasteiger partial charge >= 0.3 is 0 Å². The summed E-state index contributed by atoms with van der Waals surface area (Å²) in [6.07, 6.45) is 4.44. The van der Waals surface area contributed by atoms with Gasteiger partial charge in [0.1, 0.15) is 13.2 Å². The lowest BCUT2D eigenvalue weighted by Crippen LogP contribution is -2.35. The first-order chi connectivity index (χ1) is 14.3. The van der Waals surface area contributed by atoms with Crippen LogP contribution in [0.4, 0.5) is 0 Å². The van der Waals surface area contributed by atoms with Gasteiger partial charge < -0.3 is 14.4 Å². The van der Waals surface area contributed by atoms with E-state index in [1.165, 1.54) is 5.56 Å². The van der Waals surface area contributed by atoms with Gasteiger partial charge in [0.05, 0.1) is 0 Å². The van der Waals surface area contributed by atoms with E-state index in [1.807, 2.05) is 11.0 Å². The molecular weight excluding hydrogens is 370 g/mol. The van der Waals surface area contributed by atoms with Gasteiger partial charge in [-0.2, -0.15) is 5.10 Å². The zero-order valence-corrected chi connectivity index (χ0v) is 16.2. The van der Waals surface area contributed by atoms with Crippen molar-refractivity contribution in [1.82, 2.24) is 24.4 Å². The fraction of sp³-hybridized carbons (Fsp3) is 0.381. The summed E-state index contributed by atoms with van der Waals surface area (Å²) in [7, 11) is 0. The van der Waals surface area contributed by atoms with E-state index < -0.39 is 0 Å². The van der Waals surface area contributed by atoms with Crippen LogP contribution in [-0.4, -0.2) is 69.7 Å². The highest BCUT2D eigenvalue weighted by Gasteiger charge is 2.23. The van der Waals surface area contributed by atoms with E-state index in [4.69, 9.17) is 9.47 Å². The number of rotatable bonds is 3. The molecular formula is C21H23N5O3. The summed E-state index contributed by atoms with van der Waals surface area (Å²) >= 11 is 0. The summed E-state index contributed by atoms with van der Waals surface area (Å²) in [5.74, 6) is 1.60. The van der Waals surface area contributed by atoms with Crippen LogP contribution in [0, 0.1) is 0 Å². The number of hydrogen-bond donors (Lipinski definition) is 0. The number of nitrogens with zero attached hydrogens (tertiary/aromatic N) is 5. The lowest BCUT2D eigenvalue weighted by Gasteiger charge is -2.23. The van der Waals surface area contributed by atoms with Crippen LogP contribution in [0.5, 0.6) is 11.5 Å². The molecule has 4 heterocycles. The van der Waals surface area contributed by atoms with Crippen LogP contribution in [-0.2, 0) is 6.54 Å². The monoisotopic (exact) mass is 393 g/mol. The van der Waals surface area contributed by atoms with E-state index in [0.29, 0.717) is 31.1 Å². The number of carbonyl (C=O) groups is 1. The molecule has 3 aromatic rings. The Hall–Kier alpha value is -3.13. The number of benzene rings is 1. The van der Waals surface area contributed by atoms with E-state index in [9.17, 15) is 4.79 Å². The molecule has 0 bridgehead atoms. The van der Waals surface area contributed by atoms with Gasteiger partial charge in [0.15, 0.2) is 22.8 Å². The highest BCUT2D eigenvalue weighted by atomic mass is 16.6. The second kappa shape index (κ2) is 7.71. The van der Waals surface area contributed by atoms with Crippen molar-refractivity contribution in [2.24, 2.45) is 0 Å². The summed E-state index contributed by atoms with van der Waals surface area (Å²) in [5.41, 5.74) is 2.33. The Balaban J connectivity index is 1.23. The third kappa shape index (κ3) is 3.75. The third-order valence-corrected chi connectivity index (χ3v) is 5.34. The lowest BCUT2D eigenvalue weighted by atomic mass is 10.1. The van der Waals surface area contributed by atoms with Crippen LogP contribution in [0.25, 0.3) is 5.65 Å². The molecule has 2 aliphatic heterocycles. The molecule has 0 unspecified atom stereocenters. The van der Waals surface area contributed by atoms with Crippen molar-refractivity contribution >= 4 is 11.6 Å². The molecule has 29 heavy (non-hydrogen) atoms. The molecule has 1 aromatic carbocycles. The van der Waals surface area contributed by atoms with E-state index in [2.05, 4.69) is 27.1 Å². The molecule has 8 nitrogen and oxygen atoms in total. The Morgan fingerprint density at radius 2 is 1.93 bits per heavy atom. The van der Waals surface area contributed by atoms with Crippen molar-refractivity contribution in [2.45, 2.75) is 13.0 Å². The van der Waals surface area contributed by atoms with Crippen molar-refractivity contribution in [3.63, 3.8) is 0 Å². The normalized spacial score (nSPS) is 17.3. The number of carbonyl (C=O) groups excluding carboxylic acids is 1. The molecule has 0 aliphatic carbocycles. The molecule has 0 spiro atoms. The van der Waals surface area contributed by atoms with Gasteiger partial charge in [0, 0.05) is 51.2 Å². The van der Waals surface area contributed by atoms with Gasteiger partial charge in [0.2, 0.25) is 0 Å².